The van der Waals surface area contributed by atoms with Crippen LogP contribution in [0.25, 0.3) is 0 Å². The summed E-state index contributed by atoms with van der Waals surface area (Å²) in [5, 5.41) is 0.282. The number of nitrogens with zero attached hydrogens (tertiary/aromatic N) is 1. The minimum absolute atomic E-state index is 0.0695. The van der Waals surface area contributed by atoms with E-state index in [1.165, 1.54) is 12.3 Å². The molecule has 1 aromatic heterocycles. The van der Waals surface area contributed by atoms with Gasteiger partial charge in [-0.1, -0.05) is 17.7 Å². The average Bonchev–Trinajstić information content (AvgIpc) is 2.56. The molecule has 0 fully saturated rings. The number of ether oxygens (including phenoxy) is 2. The first-order valence-electron chi connectivity index (χ1n) is 7.75. The van der Waals surface area contributed by atoms with Gasteiger partial charge in [0.05, 0.1) is 5.54 Å². The zero-order valence-corrected chi connectivity index (χ0v) is 15.7. The molecule has 0 unspecified atom stereocenters. The SMILES string of the molecule is Cc1cc(S(=O)(=O)NC(C)(C)c2ccc3c(c2)OCCO3)cnc1Cl. The van der Waals surface area contributed by atoms with Crippen LogP contribution in [0.3, 0.4) is 0 Å². The molecule has 2 heterocycles. The first-order valence-corrected chi connectivity index (χ1v) is 9.61. The van der Waals surface area contributed by atoms with Crippen LogP contribution in [-0.4, -0.2) is 26.6 Å². The maximum Gasteiger partial charge on any atom is 0.242 e. The molecule has 0 aliphatic carbocycles. The minimum Gasteiger partial charge on any atom is -0.486 e. The normalized spacial score (nSPS) is 14.4. The number of benzene rings is 1. The molecule has 0 amide bonds. The summed E-state index contributed by atoms with van der Waals surface area (Å²) in [5.41, 5.74) is 0.503. The fourth-order valence-electron chi connectivity index (χ4n) is 2.57. The van der Waals surface area contributed by atoms with E-state index >= 15 is 0 Å². The average molecular weight is 383 g/mol. The fourth-order valence-corrected chi connectivity index (χ4v) is 4.10. The highest BCUT2D eigenvalue weighted by Crippen LogP contribution is 2.34. The Morgan fingerprint density at radius 2 is 1.84 bits per heavy atom. The van der Waals surface area contributed by atoms with Crippen molar-refractivity contribution in [2.75, 3.05) is 13.2 Å². The highest BCUT2D eigenvalue weighted by Gasteiger charge is 2.29. The molecular formula is C17H19ClN2O4S. The van der Waals surface area contributed by atoms with E-state index in [4.69, 9.17) is 21.1 Å². The van der Waals surface area contributed by atoms with Crippen molar-refractivity contribution >= 4 is 21.6 Å². The number of aromatic nitrogens is 1. The summed E-state index contributed by atoms with van der Waals surface area (Å²) in [6.45, 7) is 6.25. The summed E-state index contributed by atoms with van der Waals surface area (Å²) < 4.78 is 39.2. The Morgan fingerprint density at radius 1 is 1.16 bits per heavy atom. The van der Waals surface area contributed by atoms with Crippen LogP contribution >= 0.6 is 11.6 Å². The third-order valence-corrected chi connectivity index (χ3v) is 5.97. The van der Waals surface area contributed by atoms with Crippen molar-refractivity contribution in [3.63, 3.8) is 0 Å². The predicted molar refractivity (Wildman–Crippen MR) is 94.8 cm³/mol. The molecule has 0 bridgehead atoms. The molecule has 3 rings (SSSR count). The summed E-state index contributed by atoms with van der Waals surface area (Å²) >= 11 is 5.88. The highest BCUT2D eigenvalue weighted by molar-refractivity contribution is 7.89. The molecule has 6 nitrogen and oxygen atoms in total. The molecule has 0 radical (unpaired) electrons. The van der Waals surface area contributed by atoms with Crippen molar-refractivity contribution in [3.8, 4) is 11.5 Å². The van der Waals surface area contributed by atoms with E-state index in [0.717, 1.165) is 5.56 Å². The monoisotopic (exact) mass is 382 g/mol. The molecule has 0 saturated heterocycles. The number of nitrogens with one attached hydrogen (secondary N) is 1. The van der Waals surface area contributed by atoms with Crippen molar-refractivity contribution in [2.45, 2.75) is 31.2 Å². The maximum atomic E-state index is 12.7. The Balaban J connectivity index is 1.90. The second kappa shape index (κ2) is 6.48. The smallest absolute Gasteiger partial charge is 0.242 e. The Bertz CT molecular complexity index is 913. The Labute approximate surface area is 152 Å². The van der Waals surface area contributed by atoms with Crippen LogP contribution in [0, 0.1) is 6.92 Å². The highest BCUT2D eigenvalue weighted by atomic mass is 35.5. The van der Waals surface area contributed by atoms with Gasteiger partial charge in [-0.2, -0.15) is 0 Å². The largest absolute Gasteiger partial charge is 0.486 e. The van der Waals surface area contributed by atoms with E-state index in [1.807, 2.05) is 6.07 Å². The molecule has 134 valence electrons. The van der Waals surface area contributed by atoms with Crippen LogP contribution in [0.1, 0.15) is 25.0 Å². The summed E-state index contributed by atoms with van der Waals surface area (Å²) in [6.07, 6.45) is 1.25. The van der Waals surface area contributed by atoms with Crippen molar-refractivity contribution in [1.82, 2.24) is 9.71 Å². The summed E-state index contributed by atoms with van der Waals surface area (Å²) in [5.74, 6) is 1.27. The van der Waals surface area contributed by atoms with Gasteiger partial charge in [0.2, 0.25) is 10.0 Å². The fraction of sp³-hybridized carbons (Fsp3) is 0.353. The van der Waals surface area contributed by atoms with Crippen LogP contribution in [0.15, 0.2) is 35.4 Å². The predicted octanol–water partition coefficient (Wildman–Crippen LogP) is 3.03. The van der Waals surface area contributed by atoms with E-state index in [2.05, 4.69) is 9.71 Å². The second-order valence-electron chi connectivity index (χ2n) is 6.37. The second-order valence-corrected chi connectivity index (χ2v) is 8.41. The number of fused-ring (bicyclic) bond motifs is 1. The van der Waals surface area contributed by atoms with Crippen LogP contribution in [0.2, 0.25) is 5.15 Å². The quantitative estimate of drug-likeness (QED) is 0.822. The molecule has 25 heavy (non-hydrogen) atoms. The number of rotatable bonds is 4. The van der Waals surface area contributed by atoms with Gasteiger partial charge in [0, 0.05) is 6.20 Å². The van der Waals surface area contributed by atoms with Gasteiger partial charge in [-0.15, -0.1) is 0 Å². The van der Waals surface area contributed by atoms with E-state index in [0.29, 0.717) is 30.3 Å². The lowest BCUT2D eigenvalue weighted by Crippen LogP contribution is -2.41. The molecule has 1 aliphatic heterocycles. The van der Waals surface area contributed by atoms with Gasteiger partial charge < -0.3 is 9.47 Å². The first-order chi connectivity index (χ1) is 11.7. The number of sulfonamides is 1. The van der Waals surface area contributed by atoms with Crippen LogP contribution in [-0.2, 0) is 15.6 Å². The number of halogens is 1. The van der Waals surface area contributed by atoms with E-state index in [-0.39, 0.29) is 10.0 Å². The summed E-state index contributed by atoms with van der Waals surface area (Å²) in [6, 6.07) is 6.90. The van der Waals surface area contributed by atoms with Crippen molar-refractivity contribution in [2.24, 2.45) is 0 Å². The van der Waals surface area contributed by atoms with Gasteiger partial charge in [0.1, 0.15) is 23.3 Å². The van der Waals surface area contributed by atoms with Gasteiger partial charge in [0.25, 0.3) is 0 Å². The molecule has 1 aliphatic rings. The molecule has 1 aromatic carbocycles. The van der Waals surface area contributed by atoms with Gasteiger partial charge in [0.15, 0.2) is 11.5 Å². The third-order valence-electron chi connectivity index (χ3n) is 3.95. The van der Waals surface area contributed by atoms with Gasteiger partial charge >= 0.3 is 0 Å². The van der Waals surface area contributed by atoms with E-state index in [9.17, 15) is 8.42 Å². The maximum absolute atomic E-state index is 12.7. The Hall–Kier alpha value is -1.83. The molecular weight excluding hydrogens is 364 g/mol. The van der Waals surface area contributed by atoms with E-state index in [1.54, 1.807) is 32.9 Å². The standard InChI is InChI=1S/C17H19ClN2O4S/c1-11-8-13(10-19-16(11)18)25(21,22)20-17(2,3)12-4-5-14-15(9-12)24-7-6-23-14/h4-5,8-10,20H,6-7H2,1-3H3. The van der Waals surface area contributed by atoms with Crippen molar-refractivity contribution < 1.29 is 17.9 Å². The van der Waals surface area contributed by atoms with Gasteiger partial charge in [-0.25, -0.2) is 18.1 Å². The number of hydrogen-bond donors (Lipinski definition) is 1. The number of aryl methyl sites for hydroxylation is 1. The van der Waals surface area contributed by atoms with Crippen molar-refractivity contribution in [1.29, 1.82) is 0 Å². The zero-order chi connectivity index (χ0) is 18.2. The first kappa shape index (κ1) is 18.0. The van der Waals surface area contributed by atoms with E-state index < -0.39 is 15.6 Å². The molecule has 2 aromatic rings. The Kier molecular flexibility index (Phi) is 4.66. The summed E-state index contributed by atoms with van der Waals surface area (Å²) in [7, 11) is -3.77. The zero-order valence-electron chi connectivity index (χ0n) is 14.2. The van der Waals surface area contributed by atoms with Crippen LogP contribution in [0.4, 0.5) is 0 Å². The lowest BCUT2D eigenvalue weighted by molar-refractivity contribution is 0.171. The topological polar surface area (TPSA) is 77.5 Å². The molecule has 0 atom stereocenters. The van der Waals surface area contributed by atoms with Crippen molar-refractivity contribution in [3.05, 3.63) is 46.7 Å². The lowest BCUT2D eigenvalue weighted by Gasteiger charge is -2.28. The van der Waals surface area contributed by atoms with Gasteiger partial charge in [-0.05, 0) is 50.1 Å². The lowest BCUT2D eigenvalue weighted by atomic mass is 9.95. The van der Waals surface area contributed by atoms with Crippen LogP contribution < -0.4 is 14.2 Å². The summed E-state index contributed by atoms with van der Waals surface area (Å²) in [4.78, 5) is 3.98. The molecule has 0 saturated carbocycles. The number of hydrogen-bond acceptors (Lipinski definition) is 5. The Morgan fingerprint density at radius 3 is 2.52 bits per heavy atom. The molecule has 0 spiro atoms. The number of pyridine rings is 1. The third kappa shape index (κ3) is 3.73. The molecule has 8 heteroatoms. The van der Waals surface area contributed by atoms with Crippen LogP contribution in [0.5, 0.6) is 11.5 Å². The van der Waals surface area contributed by atoms with Gasteiger partial charge in [-0.3, -0.25) is 0 Å². The molecule has 1 N–H and O–H groups in total. The minimum atomic E-state index is -3.77.